The van der Waals surface area contributed by atoms with Crippen LogP contribution in [-0.4, -0.2) is 38.6 Å². The number of benzene rings is 3. The van der Waals surface area contributed by atoms with Crippen LogP contribution in [0.2, 0.25) is 0 Å². The molecule has 31 heavy (non-hydrogen) atoms. The maximum Gasteiger partial charge on any atom is 0.257 e. The molecule has 3 aromatic carbocycles. The number of nitrogens with one attached hydrogen (secondary N) is 2. The highest BCUT2D eigenvalue weighted by Gasteiger charge is 2.18. The number of carbonyl (C=O) groups is 2. The van der Waals surface area contributed by atoms with Crippen LogP contribution in [0.25, 0.3) is 0 Å². The maximum atomic E-state index is 12.7. The lowest BCUT2D eigenvalue weighted by Crippen LogP contribution is -2.22. The second kappa shape index (κ2) is 9.11. The van der Waals surface area contributed by atoms with Crippen LogP contribution in [0, 0.1) is 6.92 Å². The summed E-state index contributed by atoms with van der Waals surface area (Å²) in [6, 6.07) is 19.7. The number of sulfonamides is 1. The van der Waals surface area contributed by atoms with Crippen LogP contribution in [0.15, 0.2) is 77.7 Å². The predicted octanol–water partition coefficient (Wildman–Crippen LogP) is 3.75. The summed E-state index contributed by atoms with van der Waals surface area (Å²) < 4.78 is 25.5. The third-order valence-corrected chi connectivity index (χ3v) is 6.42. The Morgan fingerprint density at radius 3 is 2.13 bits per heavy atom. The van der Waals surface area contributed by atoms with E-state index in [-0.39, 0.29) is 16.4 Å². The molecule has 0 atom stereocenters. The van der Waals surface area contributed by atoms with E-state index in [1.165, 1.54) is 38.4 Å². The summed E-state index contributed by atoms with van der Waals surface area (Å²) >= 11 is 0. The van der Waals surface area contributed by atoms with Crippen molar-refractivity contribution in [2.75, 3.05) is 24.7 Å². The van der Waals surface area contributed by atoms with Gasteiger partial charge in [-0.3, -0.25) is 9.59 Å². The van der Waals surface area contributed by atoms with E-state index in [4.69, 9.17) is 0 Å². The van der Waals surface area contributed by atoms with Gasteiger partial charge < -0.3 is 10.6 Å². The number of carbonyl (C=O) groups excluding carboxylic acids is 2. The van der Waals surface area contributed by atoms with Crippen LogP contribution in [0.1, 0.15) is 26.3 Å². The van der Waals surface area contributed by atoms with Gasteiger partial charge in [-0.25, -0.2) is 12.7 Å². The number of anilines is 2. The van der Waals surface area contributed by atoms with Gasteiger partial charge in [-0.15, -0.1) is 0 Å². The Hall–Kier alpha value is -3.49. The SMILES string of the molecule is Cc1cccc(NC(=O)c2ccccc2NC(=O)c2ccc(S(=O)(=O)N(C)C)cc2)c1. The highest BCUT2D eigenvalue weighted by molar-refractivity contribution is 7.89. The molecule has 0 saturated heterocycles. The molecule has 0 aliphatic carbocycles. The first-order valence-corrected chi connectivity index (χ1v) is 10.9. The number of para-hydroxylation sites is 1. The molecule has 3 aromatic rings. The molecule has 0 unspecified atom stereocenters. The van der Waals surface area contributed by atoms with Crippen LogP contribution < -0.4 is 10.6 Å². The van der Waals surface area contributed by atoms with Crippen LogP contribution in [0.3, 0.4) is 0 Å². The summed E-state index contributed by atoms with van der Waals surface area (Å²) in [6.07, 6.45) is 0. The molecule has 0 heterocycles. The number of hydrogen-bond donors (Lipinski definition) is 2. The summed E-state index contributed by atoms with van der Waals surface area (Å²) in [7, 11) is -0.702. The largest absolute Gasteiger partial charge is 0.322 e. The van der Waals surface area contributed by atoms with Gasteiger partial charge >= 0.3 is 0 Å². The lowest BCUT2D eigenvalue weighted by atomic mass is 10.1. The molecule has 7 nitrogen and oxygen atoms in total. The second-order valence-corrected chi connectivity index (χ2v) is 9.29. The van der Waals surface area contributed by atoms with Crippen molar-refractivity contribution in [1.82, 2.24) is 4.31 Å². The first kappa shape index (κ1) is 22.2. The van der Waals surface area contributed by atoms with Gasteiger partial charge in [-0.05, 0) is 61.0 Å². The van der Waals surface area contributed by atoms with Crippen molar-refractivity contribution in [3.63, 3.8) is 0 Å². The van der Waals surface area contributed by atoms with Gasteiger partial charge in [-0.1, -0.05) is 24.3 Å². The van der Waals surface area contributed by atoms with E-state index < -0.39 is 15.9 Å². The zero-order valence-electron chi connectivity index (χ0n) is 17.4. The number of hydrogen-bond acceptors (Lipinski definition) is 4. The van der Waals surface area contributed by atoms with E-state index in [0.29, 0.717) is 16.9 Å². The molecule has 0 spiro atoms. The quantitative estimate of drug-likeness (QED) is 0.614. The lowest BCUT2D eigenvalue weighted by molar-refractivity contribution is 0.102. The molecule has 0 bridgehead atoms. The van der Waals surface area contributed by atoms with Crippen LogP contribution in [0.4, 0.5) is 11.4 Å². The Kier molecular flexibility index (Phi) is 6.53. The number of nitrogens with zero attached hydrogens (tertiary/aromatic N) is 1. The third kappa shape index (κ3) is 5.17. The van der Waals surface area contributed by atoms with Crippen LogP contribution in [-0.2, 0) is 10.0 Å². The molecule has 3 rings (SSSR count). The molecule has 160 valence electrons. The highest BCUT2D eigenvalue weighted by Crippen LogP contribution is 2.20. The van der Waals surface area contributed by atoms with Gasteiger partial charge in [-0.2, -0.15) is 0 Å². The fraction of sp³-hybridized carbons (Fsp3) is 0.130. The molecule has 0 radical (unpaired) electrons. The molecule has 0 aliphatic heterocycles. The molecule has 0 fully saturated rings. The summed E-state index contributed by atoms with van der Waals surface area (Å²) in [5.74, 6) is -0.807. The van der Waals surface area contributed by atoms with E-state index in [1.54, 1.807) is 30.3 Å². The normalized spacial score (nSPS) is 11.2. The fourth-order valence-corrected chi connectivity index (χ4v) is 3.80. The zero-order valence-corrected chi connectivity index (χ0v) is 18.2. The Morgan fingerprint density at radius 1 is 0.806 bits per heavy atom. The van der Waals surface area contributed by atoms with Crippen LogP contribution >= 0.6 is 0 Å². The summed E-state index contributed by atoms with van der Waals surface area (Å²) in [4.78, 5) is 25.5. The van der Waals surface area contributed by atoms with E-state index in [2.05, 4.69) is 10.6 Å². The minimum absolute atomic E-state index is 0.0898. The van der Waals surface area contributed by atoms with Gasteiger partial charge in [0.15, 0.2) is 0 Å². The smallest absolute Gasteiger partial charge is 0.257 e. The molecule has 2 amide bonds. The topological polar surface area (TPSA) is 95.6 Å². The standard InChI is InChI=1S/C23H23N3O4S/c1-16-7-6-8-18(15-16)24-23(28)20-9-4-5-10-21(20)25-22(27)17-11-13-19(14-12-17)31(29,30)26(2)3/h4-15H,1-3H3,(H,24,28)(H,25,27). The molecular weight excluding hydrogens is 414 g/mol. The summed E-state index contributed by atoms with van der Waals surface area (Å²) in [5.41, 5.74) is 2.60. The number of aryl methyl sites for hydroxylation is 1. The highest BCUT2D eigenvalue weighted by atomic mass is 32.2. The minimum atomic E-state index is -3.58. The van der Waals surface area contributed by atoms with Crippen molar-refractivity contribution in [2.24, 2.45) is 0 Å². The maximum absolute atomic E-state index is 12.7. The van der Waals surface area contributed by atoms with Crippen molar-refractivity contribution in [1.29, 1.82) is 0 Å². The van der Waals surface area contributed by atoms with E-state index >= 15 is 0 Å². The molecule has 0 saturated carbocycles. The van der Waals surface area contributed by atoms with Crippen LogP contribution in [0.5, 0.6) is 0 Å². The number of amides is 2. The summed E-state index contributed by atoms with van der Waals surface area (Å²) in [6.45, 7) is 1.93. The predicted molar refractivity (Wildman–Crippen MR) is 121 cm³/mol. The first-order valence-electron chi connectivity index (χ1n) is 9.49. The van der Waals surface area contributed by atoms with Gasteiger partial charge in [0, 0.05) is 25.3 Å². The minimum Gasteiger partial charge on any atom is -0.322 e. The van der Waals surface area contributed by atoms with Crippen molar-refractivity contribution in [3.8, 4) is 0 Å². The zero-order chi connectivity index (χ0) is 22.6. The van der Waals surface area contributed by atoms with Crippen molar-refractivity contribution >= 4 is 33.2 Å². The van der Waals surface area contributed by atoms with E-state index in [0.717, 1.165) is 9.87 Å². The molecule has 8 heteroatoms. The number of rotatable bonds is 6. The van der Waals surface area contributed by atoms with E-state index in [9.17, 15) is 18.0 Å². The lowest BCUT2D eigenvalue weighted by Gasteiger charge is -2.13. The van der Waals surface area contributed by atoms with Gasteiger partial charge in [0.1, 0.15) is 0 Å². The van der Waals surface area contributed by atoms with Gasteiger partial charge in [0.25, 0.3) is 11.8 Å². The molecule has 2 N–H and O–H groups in total. The van der Waals surface area contributed by atoms with Crippen molar-refractivity contribution in [3.05, 3.63) is 89.5 Å². The third-order valence-electron chi connectivity index (χ3n) is 4.59. The van der Waals surface area contributed by atoms with Gasteiger partial charge in [0.2, 0.25) is 10.0 Å². The van der Waals surface area contributed by atoms with Crippen molar-refractivity contribution in [2.45, 2.75) is 11.8 Å². The summed E-state index contributed by atoms with van der Waals surface area (Å²) in [5, 5.41) is 5.55. The Labute approximate surface area is 181 Å². The Balaban J connectivity index is 1.79. The molecular formula is C23H23N3O4S. The monoisotopic (exact) mass is 437 g/mol. The van der Waals surface area contributed by atoms with Crippen molar-refractivity contribution < 1.29 is 18.0 Å². The first-order chi connectivity index (χ1) is 14.7. The average Bonchev–Trinajstić information content (AvgIpc) is 2.74. The average molecular weight is 438 g/mol. The van der Waals surface area contributed by atoms with E-state index in [1.807, 2.05) is 25.1 Å². The second-order valence-electron chi connectivity index (χ2n) is 7.14. The van der Waals surface area contributed by atoms with Gasteiger partial charge in [0.05, 0.1) is 16.1 Å². The molecule has 0 aromatic heterocycles. The Bertz CT molecular complexity index is 1220. The Morgan fingerprint density at radius 2 is 1.48 bits per heavy atom. The fourth-order valence-electron chi connectivity index (χ4n) is 2.89. The molecule has 0 aliphatic rings.